The van der Waals surface area contributed by atoms with Gasteiger partial charge in [0.05, 0.1) is 22.8 Å². The van der Waals surface area contributed by atoms with Crippen LogP contribution in [0.1, 0.15) is 37.2 Å². The summed E-state index contributed by atoms with van der Waals surface area (Å²) in [6.07, 6.45) is 3.92. The number of H-pyrrole nitrogens is 1. The number of benzene rings is 1. The van der Waals surface area contributed by atoms with Crippen molar-refractivity contribution in [2.45, 2.75) is 31.9 Å². The number of carbonyl (C=O) groups is 1. The van der Waals surface area contributed by atoms with Crippen LogP contribution >= 0.6 is 0 Å². The summed E-state index contributed by atoms with van der Waals surface area (Å²) >= 11 is 0. The third-order valence-electron chi connectivity index (χ3n) is 4.42. The number of para-hydroxylation sites is 2. The van der Waals surface area contributed by atoms with Crippen LogP contribution in [0.4, 0.5) is 0 Å². The summed E-state index contributed by atoms with van der Waals surface area (Å²) in [5, 5.41) is 7.05. The fourth-order valence-corrected chi connectivity index (χ4v) is 2.99. The van der Waals surface area contributed by atoms with Gasteiger partial charge in [-0.05, 0) is 30.7 Å². The number of fused-ring (bicyclic) bond motifs is 1. The molecule has 3 aromatic rings. The Morgan fingerprint density at radius 1 is 1.35 bits per heavy atom. The van der Waals surface area contributed by atoms with Crippen LogP contribution in [0.3, 0.4) is 0 Å². The van der Waals surface area contributed by atoms with Crippen molar-refractivity contribution >= 4 is 22.7 Å². The molecule has 0 bridgehead atoms. The third kappa shape index (κ3) is 3.15. The van der Waals surface area contributed by atoms with Gasteiger partial charge < -0.3 is 15.1 Å². The number of amides is 1. The van der Waals surface area contributed by atoms with E-state index in [1.54, 1.807) is 12.4 Å². The summed E-state index contributed by atoms with van der Waals surface area (Å²) in [5.41, 5.74) is 3.44. The van der Waals surface area contributed by atoms with Crippen LogP contribution < -0.4 is 5.32 Å². The number of carbonyl (C=O) groups excluding carboxylic acids is 1. The predicted octanol–water partition coefficient (Wildman–Crippen LogP) is 2.72. The fraction of sp³-hybridized carbons (Fsp3) is 0.263. The van der Waals surface area contributed by atoms with Gasteiger partial charge in [0.2, 0.25) is 6.10 Å². The zero-order chi connectivity index (χ0) is 17.9. The van der Waals surface area contributed by atoms with Crippen molar-refractivity contribution in [3.63, 3.8) is 0 Å². The topological polar surface area (TPSA) is 92.3 Å². The van der Waals surface area contributed by atoms with Crippen molar-refractivity contribution in [3.05, 3.63) is 60.2 Å². The van der Waals surface area contributed by atoms with Gasteiger partial charge >= 0.3 is 0 Å². The first-order valence-corrected chi connectivity index (χ1v) is 8.62. The van der Waals surface area contributed by atoms with Crippen LogP contribution in [0, 0.1) is 0 Å². The Morgan fingerprint density at radius 3 is 3.00 bits per heavy atom. The van der Waals surface area contributed by atoms with Crippen LogP contribution in [-0.4, -0.2) is 32.7 Å². The smallest absolute Gasteiger partial charge is 0.264 e. The Bertz CT molecular complexity index is 918. The van der Waals surface area contributed by atoms with E-state index in [1.807, 2.05) is 43.3 Å². The van der Waals surface area contributed by atoms with Crippen LogP contribution in [0.2, 0.25) is 0 Å². The molecule has 0 fully saturated rings. The molecule has 1 aliphatic heterocycles. The molecule has 2 aromatic heterocycles. The highest BCUT2D eigenvalue weighted by atomic mass is 16.6. The molecule has 0 radical (unpaired) electrons. The second-order valence-electron chi connectivity index (χ2n) is 6.19. The zero-order valence-corrected chi connectivity index (χ0v) is 14.3. The summed E-state index contributed by atoms with van der Waals surface area (Å²) in [7, 11) is 0. The molecule has 0 unspecified atom stereocenters. The third-order valence-corrected chi connectivity index (χ3v) is 4.42. The molecule has 0 spiro atoms. The molecule has 7 nitrogen and oxygen atoms in total. The summed E-state index contributed by atoms with van der Waals surface area (Å²) in [5.74, 6) is 0.549. The van der Waals surface area contributed by atoms with E-state index in [-0.39, 0.29) is 11.9 Å². The highest BCUT2D eigenvalue weighted by Gasteiger charge is 2.30. The molecular weight excluding hydrogens is 330 g/mol. The molecule has 1 amide bonds. The van der Waals surface area contributed by atoms with E-state index in [1.165, 1.54) is 0 Å². The van der Waals surface area contributed by atoms with E-state index in [0.717, 1.165) is 28.1 Å². The Morgan fingerprint density at radius 2 is 2.23 bits per heavy atom. The lowest BCUT2D eigenvalue weighted by Crippen LogP contribution is -2.37. The van der Waals surface area contributed by atoms with E-state index in [2.05, 4.69) is 25.4 Å². The summed E-state index contributed by atoms with van der Waals surface area (Å²) in [6, 6.07) is 11.3. The molecule has 2 atom stereocenters. The summed E-state index contributed by atoms with van der Waals surface area (Å²) in [6.45, 7) is 2.01. The van der Waals surface area contributed by atoms with Crippen molar-refractivity contribution in [2.24, 2.45) is 5.16 Å². The van der Waals surface area contributed by atoms with Crippen LogP contribution in [0.15, 0.2) is 53.9 Å². The van der Waals surface area contributed by atoms with Crippen molar-refractivity contribution in [2.75, 3.05) is 0 Å². The Kier molecular flexibility index (Phi) is 4.35. The average Bonchev–Trinajstić information content (AvgIpc) is 3.33. The zero-order valence-electron chi connectivity index (χ0n) is 14.3. The highest BCUT2D eigenvalue weighted by Crippen LogP contribution is 2.21. The largest absolute Gasteiger partial charge is 0.382 e. The van der Waals surface area contributed by atoms with Crippen molar-refractivity contribution < 1.29 is 9.63 Å². The maximum absolute atomic E-state index is 12.6. The normalized spacial score (nSPS) is 17.6. The van der Waals surface area contributed by atoms with Gasteiger partial charge in [-0.15, -0.1) is 0 Å². The number of aromatic amines is 1. The first-order chi connectivity index (χ1) is 12.7. The van der Waals surface area contributed by atoms with Gasteiger partial charge in [0.15, 0.2) is 0 Å². The second-order valence-corrected chi connectivity index (χ2v) is 6.19. The second kappa shape index (κ2) is 6.95. The van der Waals surface area contributed by atoms with E-state index in [4.69, 9.17) is 4.84 Å². The van der Waals surface area contributed by atoms with E-state index in [0.29, 0.717) is 12.8 Å². The molecule has 0 saturated heterocycles. The Balaban J connectivity index is 1.44. The van der Waals surface area contributed by atoms with Gasteiger partial charge in [0, 0.05) is 24.4 Å². The van der Waals surface area contributed by atoms with Crippen molar-refractivity contribution in [1.29, 1.82) is 0 Å². The molecule has 2 N–H and O–H groups in total. The van der Waals surface area contributed by atoms with Gasteiger partial charge in [0.1, 0.15) is 5.82 Å². The molecule has 3 heterocycles. The number of rotatable bonds is 5. The molecule has 1 aliphatic rings. The van der Waals surface area contributed by atoms with Gasteiger partial charge in [-0.1, -0.05) is 24.2 Å². The minimum Gasteiger partial charge on any atom is -0.382 e. The highest BCUT2D eigenvalue weighted by molar-refractivity contribution is 6.03. The first-order valence-electron chi connectivity index (χ1n) is 8.62. The minimum absolute atomic E-state index is 0.194. The van der Waals surface area contributed by atoms with E-state index in [9.17, 15) is 4.79 Å². The standard InChI is InChI=1S/C19H19N5O2/c1-2-13(18-21-14-7-3-4-8-15(14)22-18)23-19(25)17-10-16(24-26-17)12-6-5-9-20-11-12/h3-9,11,13,17H,2,10H2,1H3,(H,21,22)(H,23,25)/t13-,17-/m0/s1. The van der Waals surface area contributed by atoms with Gasteiger partial charge in [0.25, 0.3) is 5.91 Å². The van der Waals surface area contributed by atoms with Gasteiger partial charge in [-0.3, -0.25) is 9.78 Å². The maximum atomic E-state index is 12.6. The average molecular weight is 349 g/mol. The van der Waals surface area contributed by atoms with Crippen molar-refractivity contribution in [1.82, 2.24) is 20.3 Å². The number of oxime groups is 1. The number of hydrogen-bond acceptors (Lipinski definition) is 5. The predicted molar refractivity (Wildman–Crippen MR) is 97.5 cm³/mol. The molecule has 7 heteroatoms. The van der Waals surface area contributed by atoms with Crippen molar-refractivity contribution in [3.8, 4) is 0 Å². The molecule has 4 rings (SSSR count). The van der Waals surface area contributed by atoms with Crippen LogP contribution in [0.5, 0.6) is 0 Å². The lowest BCUT2D eigenvalue weighted by atomic mass is 10.1. The van der Waals surface area contributed by atoms with E-state index < -0.39 is 6.10 Å². The maximum Gasteiger partial charge on any atom is 0.264 e. The van der Waals surface area contributed by atoms with Gasteiger partial charge in [-0.25, -0.2) is 4.98 Å². The van der Waals surface area contributed by atoms with Crippen LogP contribution in [0.25, 0.3) is 11.0 Å². The first kappa shape index (κ1) is 16.3. The molecule has 0 saturated carbocycles. The minimum atomic E-state index is -0.636. The summed E-state index contributed by atoms with van der Waals surface area (Å²) < 4.78 is 0. The molecule has 1 aromatic carbocycles. The Labute approximate surface area is 150 Å². The lowest BCUT2D eigenvalue weighted by Gasteiger charge is -2.16. The fourth-order valence-electron chi connectivity index (χ4n) is 2.99. The molecule has 26 heavy (non-hydrogen) atoms. The van der Waals surface area contributed by atoms with E-state index >= 15 is 0 Å². The lowest BCUT2D eigenvalue weighted by molar-refractivity contribution is -0.132. The number of aromatic nitrogens is 3. The quantitative estimate of drug-likeness (QED) is 0.741. The monoisotopic (exact) mass is 349 g/mol. The molecule has 0 aliphatic carbocycles. The number of imidazole rings is 1. The number of hydrogen-bond donors (Lipinski definition) is 2. The Hall–Kier alpha value is -3.22. The SMILES string of the molecule is CC[C@H](NC(=O)[C@@H]1CC(c2cccnc2)=NO1)c1nc2ccccc2[nH]1. The molecular formula is C19H19N5O2. The number of pyridine rings is 1. The number of nitrogens with zero attached hydrogens (tertiary/aromatic N) is 3. The summed E-state index contributed by atoms with van der Waals surface area (Å²) in [4.78, 5) is 29.9. The molecule has 132 valence electrons. The van der Waals surface area contributed by atoms with Crippen LogP contribution in [-0.2, 0) is 9.63 Å². The van der Waals surface area contributed by atoms with Gasteiger partial charge in [-0.2, -0.15) is 0 Å². The number of nitrogens with one attached hydrogen (secondary N) is 2.